The topological polar surface area (TPSA) is 115 Å². The van der Waals surface area contributed by atoms with Crippen molar-refractivity contribution in [3.05, 3.63) is 41.7 Å². The number of carbonyl (C=O) groups excluding carboxylic acids is 2. The summed E-state index contributed by atoms with van der Waals surface area (Å²) in [5.74, 6) is 1.42. The van der Waals surface area contributed by atoms with Crippen molar-refractivity contribution in [1.29, 1.82) is 0 Å². The summed E-state index contributed by atoms with van der Waals surface area (Å²) in [5, 5.41) is 15.3. The minimum absolute atomic E-state index is 0.131. The Morgan fingerprint density at radius 2 is 1.97 bits per heavy atom. The van der Waals surface area contributed by atoms with E-state index in [1.165, 1.54) is 23.2 Å². The minimum atomic E-state index is -0.359. The molecule has 10 nitrogen and oxygen atoms in total. The highest BCUT2D eigenvalue weighted by atomic mass is 16.5. The van der Waals surface area contributed by atoms with Gasteiger partial charge in [-0.25, -0.2) is 0 Å². The van der Waals surface area contributed by atoms with Crippen molar-refractivity contribution in [2.75, 3.05) is 18.6 Å². The number of ether oxygens (including phenoxy) is 1. The van der Waals surface area contributed by atoms with E-state index in [9.17, 15) is 9.59 Å². The Balaban J connectivity index is 1.54. The van der Waals surface area contributed by atoms with E-state index < -0.39 is 0 Å². The second kappa shape index (κ2) is 10.5. The van der Waals surface area contributed by atoms with Gasteiger partial charge in [0, 0.05) is 6.04 Å². The van der Waals surface area contributed by atoms with Crippen LogP contribution < -0.4 is 15.0 Å². The van der Waals surface area contributed by atoms with E-state index in [1.54, 1.807) is 18.2 Å². The number of nitrogens with one attached hydrogen (secondary N) is 1. The van der Waals surface area contributed by atoms with Crippen molar-refractivity contribution in [3.8, 4) is 17.3 Å². The monoisotopic (exact) mass is 466 g/mol. The van der Waals surface area contributed by atoms with E-state index in [0.717, 1.165) is 37.0 Å². The summed E-state index contributed by atoms with van der Waals surface area (Å²) in [4.78, 5) is 28.9. The van der Waals surface area contributed by atoms with Gasteiger partial charge in [-0.2, -0.15) is 4.80 Å². The van der Waals surface area contributed by atoms with Gasteiger partial charge >= 0.3 is 0 Å². The molecule has 2 amide bonds. The Morgan fingerprint density at radius 3 is 2.68 bits per heavy atom. The third-order valence-electron chi connectivity index (χ3n) is 5.89. The van der Waals surface area contributed by atoms with Gasteiger partial charge < -0.3 is 14.5 Å². The molecule has 0 radical (unpaired) electrons. The maximum absolute atomic E-state index is 13.4. The zero-order valence-electron chi connectivity index (χ0n) is 19.8. The zero-order valence-corrected chi connectivity index (χ0v) is 19.8. The molecule has 0 atom stereocenters. The van der Waals surface area contributed by atoms with Crippen LogP contribution in [0.1, 0.15) is 43.4 Å². The lowest BCUT2D eigenvalue weighted by atomic mass is 9.95. The van der Waals surface area contributed by atoms with Crippen LogP contribution in [0, 0.1) is 13.8 Å². The van der Waals surface area contributed by atoms with Crippen LogP contribution in [0.15, 0.2) is 34.7 Å². The average molecular weight is 467 g/mol. The fourth-order valence-corrected chi connectivity index (χ4v) is 4.15. The fraction of sp³-hybridized carbons (Fsp3) is 0.458. The predicted octanol–water partition coefficient (Wildman–Crippen LogP) is 3.04. The second-order valence-corrected chi connectivity index (χ2v) is 8.61. The smallest absolute Gasteiger partial charge is 0.251 e. The van der Waals surface area contributed by atoms with Crippen LogP contribution in [-0.2, 0) is 16.1 Å². The number of amides is 2. The summed E-state index contributed by atoms with van der Waals surface area (Å²) >= 11 is 0. The summed E-state index contributed by atoms with van der Waals surface area (Å²) in [6, 6.07) is 9.21. The van der Waals surface area contributed by atoms with Crippen molar-refractivity contribution in [2.45, 2.75) is 58.5 Å². The molecule has 0 aliphatic heterocycles. The number of anilines is 1. The van der Waals surface area contributed by atoms with Crippen molar-refractivity contribution in [1.82, 2.24) is 25.5 Å². The average Bonchev–Trinajstić information content (AvgIpc) is 3.47. The van der Waals surface area contributed by atoms with Gasteiger partial charge in [0.25, 0.3) is 5.91 Å². The predicted molar refractivity (Wildman–Crippen MR) is 125 cm³/mol. The molecule has 1 N–H and O–H groups in total. The number of tetrazole rings is 1. The third-order valence-corrected chi connectivity index (χ3v) is 5.89. The molecule has 1 aromatic carbocycles. The number of hydrogen-bond donors (Lipinski definition) is 1. The van der Waals surface area contributed by atoms with Gasteiger partial charge in [0.1, 0.15) is 24.6 Å². The Morgan fingerprint density at radius 1 is 1.18 bits per heavy atom. The molecule has 1 aliphatic rings. The van der Waals surface area contributed by atoms with E-state index in [1.807, 2.05) is 26.0 Å². The molecule has 10 heteroatoms. The lowest BCUT2D eigenvalue weighted by Crippen LogP contribution is -2.46. The summed E-state index contributed by atoms with van der Waals surface area (Å²) in [6.07, 6.45) is 5.34. The highest BCUT2D eigenvalue weighted by Gasteiger charge is 2.25. The van der Waals surface area contributed by atoms with Crippen molar-refractivity contribution < 1.29 is 18.7 Å². The molecule has 180 valence electrons. The largest absolute Gasteiger partial charge is 0.495 e. The summed E-state index contributed by atoms with van der Waals surface area (Å²) in [5.41, 5.74) is 1.46. The Labute approximate surface area is 198 Å². The third kappa shape index (κ3) is 5.62. The number of methoxy groups -OCH3 is 1. The Hall–Kier alpha value is -3.69. The molecule has 2 aromatic heterocycles. The number of furan rings is 1. The molecule has 34 heavy (non-hydrogen) atoms. The zero-order chi connectivity index (χ0) is 24.1. The highest BCUT2D eigenvalue weighted by Crippen LogP contribution is 2.30. The van der Waals surface area contributed by atoms with Crippen molar-refractivity contribution in [2.24, 2.45) is 0 Å². The van der Waals surface area contributed by atoms with Crippen LogP contribution in [0.4, 0.5) is 5.69 Å². The lowest BCUT2D eigenvalue weighted by molar-refractivity contribution is -0.124. The molecule has 0 unspecified atom stereocenters. The van der Waals surface area contributed by atoms with Gasteiger partial charge in [-0.15, -0.1) is 10.2 Å². The number of rotatable bonds is 8. The number of nitrogens with zero attached hydrogens (tertiary/aromatic N) is 5. The number of aryl methyl sites for hydroxylation is 2. The maximum Gasteiger partial charge on any atom is 0.251 e. The van der Waals surface area contributed by atoms with Gasteiger partial charge in [-0.1, -0.05) is 25.3 Å². The molecule has 1 fully saturated rings. The number of benzene rings is 1. The van der Waals surface area contributed by atoms with E-state index in [0.29, 0.717) is 17.2 Å². The summed E-state index contributed by atoms with van der Waals surface area (Å²) < 4.78 is 11.0. The molecule has 0 saturated heterocycles. The highest BCUT2D eigenvalue weighted by molar-refractivity contribution is 5.99. The van der Waals surface area contributed by atoms with Crippen LogP contribution in [0.5, 0.6) is 5.75 Å². The summed E-state index contributed by atoms with van der Waals surface area (Å²) in [7, 11) is 1.54. The molecular weight excluding hydrogens is 436 g/mol. The van der Waals surface area contributed by atoms with E-state index in [4.69, 9.17) is 9.15 Å². The van der Waals surface area contributed by atoms with Crippen LogP contribution in [-0.4, -0.2) is 51.7 Å². The molecular formula is C24H30N6O4. The lowest BCUT2D eigenvalue weighted by Gasteiger charge is -2.27. The van der Waals surface area contributed by atoms with Crippen LogP contribution in [0.2, 0.25) is 0 Å². The molecule has 0 bridgehead atoms. The van der Waals surface area contributed by atoms with Crippen molar-refractivity contribution in [3.63, 3.8) is 0 Å². The first-order valence-electron chi connectivity index (χ1n) is 11.5. The SMILES string of the molecule is COc1ccc(C)cc1N(CC(=O)NC1CCCCC1)C(=O)Cn1nnc(-c2ccc(C)o2)n1. The van der Waals surface area contributed by atoms with Crippen LogP contribution in [0.3, 0.4) is 0 Å². The number of aromatic nitrogens is 4. The van der Waals surface area contributed by atoms with E-state index in [2.05, 4.69) is 20.7 Å². The second-order valence-electron chi connectivity index (χ2n) is 8.61. The van der Waals surface area contributed by atoms with Gasteiger partial charge in [0.15, 0.2) is 5.76 Å². The first kappa shape index (κ1) is 23.5. The molecule has 3 aromatic rings. The van der Waals surface area contributed by atoms with Crippen LogP contribution >= 0.6 is 0 Å². The molecule has 2 heterocycles. The van der Waals surface area contributed by atoms with Crippen molar-refractivity contribution >= 4 is 17.5 Å². The first-order valence-corrected chi connectivity index (χ1v) is 11.5. The van der Waals surface area contributed by atoms with E-state index in [-0.39, 0.29) is 36.8 Å². The Kier molecular flexibility index (Phi) is 7.24. The standard InChI is InChI=1S/C24H30N6O4/c1-16-9-11-20(33-3)19(13-16)29(14-22(31)25-18-7-5-4-6-8-18)23(32)15-30-27-24(26-28-30)21-12-10-17(2)34-21/h9-13,18H,4-8,14-15H2,1-3H3,(H,25,31). The van der Waals surface area contributed by atoms with Gasteiger partial charge in [-0.3, -0.25) is 14.5 Å². The molecule has 4 rings (SSSR count). The maximum atomic E-state index is 13.4. The molecule has 1 aliphatic carbocycles. The normalized spacial score (nSPS) is 14.1. The fourth-order valence-electron chi connectivity index (χ4n) is 4.15. The van der Waals surface area contributed by atoms with Gasteiger partial charge in [-0.05, 0) is 61.7 Å². The van der Waals surface area contributed by atoms with Gasteiger partial charge in [0.05, 0.1) is 12.8 Å². The quantitative estimate of drug-likeness (QED) is 0.542. The van der Waals surface area contributed by atoms with E-state index >= 15 is 0 Å². The number of hydrogen-bond acceptors (Lipinski definition) is 7. The minimum Gasteiger partial charge on any atom is -0.495 e. The molecule has 1 saturated carbocycles. The first-order chi connectivity index (χ1) is 16.4. The van der Waals surface area contributed by atoms with Crippen LogP contribution in [0.25, 0.3) is 11.6 Å². The summed E-state index contributed by atoms with van der Waals surface area (Å²) in [6.45, 7) is 3.42. The molecule has 0 spiro atoms. The van der Waals surface area contributed by atoms with Gasteiger partial charge in [0.2, 0.25) is 11.7 Å². The Bertz CT molecular complexity index is 1150. The number of carbonyl (C=O) groups is 2.